The molecule has 1 rings (SSSR count). The fourth-order valence-electron chi connectivity index (χ4n) is 1.00. The summed E-state index contributed by atoms with van der Waals surface area (Å²) in [6, 6.07) is 7.36. The molecule has 2 nitrogen and oxygen atoms in total. The molecule has 0 radical (unpaired) electrons. The molecule has 16 heavy (non-hydrogen) atoms. The summed E-state index contributed by atoms with van der Waals surface area (Å²) in [7, 11) is -1.24. The van der Waals surface area contributed by atoms with Gasteiger partial charge in [0.25, 0.3) is 0 Å². The van der Waals surface area contributed by atoms with E-state index >= 15 is 0 Å². The van der Waals surface area contributed by atoms with Crippen LogP contribution in [0.1, 0.15) is 31.1 Å². The maximum absolute atomic E-state index is 10.9. The average Bonchev–Trinajstić information content (AvgIpc) is 2.16. The summed E-state index contributed by atoms with van der Waals surface area (Å²) in [5.74, 6) is 0.687. The van der Waals surface area contributed by atoms with Crippen LogP contribution in [0.15, 0.2) is 24.3 Å². The van der Waals surface area contributed by atoms with Gasteiger partial charge in [0.15, 0.2) is 6.29 Å². The Balaban J connectivity index is 3.01. The molecule has 3 heteroatoms. The fourth-order valence-corrected chi connectivity index (χ4v) is 1.85. The number of aldehydes is 1. The van der Waals surface area contributed by atoms with Crippen LogP contribution in [-0.2, 0) is 0 Å². The van der Waals surface area contributed by atoms with Gasteiger partial charge in [-0.25, -0.2) is 0 Å². The van der Waals surface area contributed by atoms with Gasteiger partial charge in [-0.05, 0) is 45.4 Å². The van der Waals surface area contributed by atoms with E-state index in [4.69, 9.17) is 4.18 Å². The van der Waals surface area contributed by atoms with Gasteiger partial charge in [0.1, 0.15) is 5.75 Å². The second kappa shape index (κ2) is 4.50. The predicted octanol–water partition coefficient (Wildman–Crippen LogP) is 3.66. The van der Waals surface area contributed by atoms with Crippen LogP contribution in [0.3, 0.4) is 0 Å². The minimum Gasteiger partial charge on any atom is -0.448 e. The van der Waals surface area contributed by atoms with E-state index < -0.39 is 10.3 Å². The van der Waals surface area contributed by atoms with Crippen LogP contribution in [0.4, 0.5) is 0 Å². The molecule has 0 saturated carbocycles. The van der Waals surface area contributed by atoms with Crippen molar-refractivity contribution in [3.05, 3.63) is 29.8 Å². The summed E-state index contributed by atoms with van der Waals surface area (Å²) < 4.78 is 6.13. The number of hydrogen-bond donors (Lipinski definition) is 0. The SMILES string of the molecule is CC(C)(C)S(C)(C)Oc1ccccc1C=O. The first-order chi connectivity index (χ1) is 7.28. The van der Waals surface area contributed by atoms with E-state index in [9.17, 15) is 4.79 Å². The molecule has 0 bridgehead atoms. The van der Waals surface area contributed by atoms with Crippen molar-refractivity contribution in [2.75, 3.05) is 12.5 Å². The third kappa shape index (κ3) is 2.79. The molecule has 0 amide bonds. The third-order valence-corrected chi connectivity index (χ3v) is 6.36. The lowest BCUT2D eigenvalue weighted by Crippen LogP contribution is -2.27. The Kier molecular flexibility index (Phi) is 3.68. The molecule has 0 unspecified atom stereocenters. The second-order valence-corrected chi connectivity index (χ2v) is 8.94. The topological polar surface area (TPSA) is 26.3 Å². The summed E-state index contributed by atoms with van der Waals surface area (Å²) in [6.07, 6.45) is 5.08. The molecule has 0 spiro atoms. The van der Waals surface area contributed by atoms with Gasteiger partial charge in [-0.2, -0.15) is 0 Å². The number of para-hydroxylation sites is 1. The van der Waals surface area contributed by atoms with Crippen LogP contribution in [0.2, 0.25) is 0 Å². The first-order valence-electron chi connectivity index (χ1n) is 5.24. The van der Waals surface area contributed by atoms with Crippen molar-refractivity contribution >= 4 is 16.6 Å². The van der Waals surface area contributed by atoms with E-state index in [1.807, 2.05) is 18.2 Å². The maximum atomic E-state index is 10.9. The Morgan fingerprint density at radius 2 is 1.75 bits per heavy atom. The fraction of sp³-hybridized carbons (Fsp3) is 0.462. The molecule has 0 aliphatic heterocycles. The standard InChI is InChI=1S/C13H20O2S/c1-13(2,3)16(4,5)15-12-9-7-6-8-11(12)10-14/h6-10H,1-5H3. The van der Waals surface area contributed by atoms with Crippen molar-refractivity contribution in [3.63, 3.8) is 0 Å². The molecule has 1 aromatic rings. The predicted molar refractivity (Wildman–Crippen MR) is 71.6 cm³/mol. The van der Waals surface area contributed by atoms with Gasteiger partial charge in [-0.1, -0.05) is 22.4 Å². The first-order valence-corrected chi connectivity index (χ1v) is 7.62. The second-order valence-electron chi connectivity index (χ2n) is 5.08. The smallest absolute Gasteiger partial charge is 0.153 e. The molecule has 0 saturated heterocycles. The van der Waals surface area contributed by atoms with Gasteiger partial charge in [-0.15, -0.1) is 0 Å². The molecule has 0 fully saturated rings. The zero-order chi connectivity index (χ0) is 12.4. The third-order valence-electron chi connectivity index (χ3n) is 2.82. The van der Waals surface area contributed by atoms with E-state index in [2.05, 4.69) is 33.3 Å². The minimum atomic E-state index is -1.24. The molecule has 1 aromatic carbocycles. The van der Waals surface area contributed by atoms with Crippen molar-refractivity contribution in [2.24, 2.45) is 0 Å². The Morgan fingerprint density at radius 3 is 2.25 bits per heavy atom. The Labute approximate surface area is 99.5 Å². The maximum Gasteiger partial charge on any atom is 0.153 e. The quantitative estimate of drug-likeness (QED) is 0.754. The highest BCUT2D eigenvalue weighted by atomic mass is 32.3. The van der Waals surface area contributed by atoms with Gasteiger partial charge < -0.3 is 4.18 Å². The lowest BCUT2D eigenvalue weighted by atomic mass is 10.2. The van der Waals surface area contributed by atoms with E-state index in [1.54, 1.807) is 6.07 Å². The van der Waals surface area contributed by atoms with Gasteiger partial charge >= 0.3 is 0 Å². The number of rotatable bonds is 3. The number of carbonyl (C=O) groups is 1. The molecule has 0 aliphatic carbocycles. The highest BCUT2D eigenvalue weighted by Crippen LogP contribution is 2.53. The summed E-state index contributed by atoms with van der Waals surface area (Å²) >= 11 is 0. The molecule has 0 atom stereocenters. The highest BCUT2D eigenvalue weighted by molar-refractivity contribution is 8.30. The zero-order valence-electron chi connectivity index (χ0n) is 10.6. The van der Waals surface area contributed by atoms with Crippen LogP contribution in [0.5, 0.6) is 5.75 Å². The lowest BCUT2D eigenvalue weighted by Gasteiger charge is -2.43. The van der Waals surface area contributed by atoms with Crippen molar-refractivity contribution in [1.29, 1.82) is 0 Å². The zero-order valence-corrected chi connectivity index (χ0v) is 11.4. The Hall–Kier alpha value is -0.960. The molecular formula is C13H20O2S. The van der Waals surface area contributed by atoms with E-state index in [0.29, 0.717) is 11.3 Å². The normalized spacial score (nSPS) is 13.3. The van der Waals surface area contributed by atoms with Gasteiger partial charge in [0, 0.05) is 4.75 Å². The summed E-state index contributed by atoms with van der Waals surface area (Å²) in [5.41, 5.74) is 0.618. The van der Waals surface area contributed by atoms with E-state index in [0.717, 1.165) is 6.29 Å². The Morgan fingerprint density at radius 1 is 1.19 bits per heavy atom. The molecule has 0 heterocycles. The molecule has 0 aliphatic rings. The monoisotopic (exact) mass is 240 g/mol. The summed E-state index contributed by atoms with van der Waals surface area (Å²) in [6.45, 7) is 6.48. The van der Waals surface area contributed by atoms with Crippen LogP contribution in [0, 0.1) is 0 Å². The van der Waals surface area contributed by atoms with Crippen molar-refractivity contribution in [3.8, 4) is 5.75 Å². The molecular weight excluding hydrogens is 220 g/mol. The number of carbonyl (C=O) groups excluding carboxylic acids is 1. The van der Waals surface area contributed by atoms with Gasteiger partial charge in [-0.3, -0.25) is 4.79 Å². The van der Waals surface area contributed by atoms with Crippen LogP contribution >= 0.6 is 10.3 Å². The average molecular weight is 240 g/mol. The summed E-state index contributed by atoms with van der Waals surface area (Å²) in [5, 5.41) is 0. The van der Waals surface area contributed by atoms with E-state index in [1.165, 1.54) is 0 Å². The van der Waals surface area contributed by atoms with E-state index in [-0.39, 0.29) is 4.75 Å². The van der Waals surface area contributed by atoms with Crippen molar-refractivity contribution < 1.29 is 8.98 Å². The molecule has 0 aromatic heterocycles. The van der Waals surface area contributed by atoms with Gasteiger partial charge in [0.05, 0.1) is 5.56 Å². The summed E-state index contributed by atoms with van der Waals surface area (Å²) in [4.78, 5) is 10.9. The van der Waals surface area contributed by atoms with Crippen LogP contribution < -0.4 is 4.18 Å². The molecule has 90 valence electrons. The Bertz CT molecular complexity index is 378. The van der Waals surface area contributed by atoms with Crippen molar-refractivity contribution in [2.45, 2.75) is 25.5 Å². The van der Waals surface area contributed by atoms with Crippen molar-refractivity contribution in [1.82, 2.24) is 0 Å². The first kappa shape index (κ1) is 13.1. The highest BCUT2D eigenvalue weighted by Gasteiger charge is 2.30. The lowest BCUT2D eigenvalue weighted by molar-refractivity contribution is 0.112. The minimum absolute atomic E-state index is 0.0863. The molecule has 0 N–H and O–H groups in total. The van der Waals surface area contributed by atoms with Crippen LogP contribution in [-0.4, -0.2) is 23.5 Å². The number of hydrogen-bond acceptors (Lipinski definition) is 2. The number of benzene rings is 1. The largest absolute Gasteiger partial charge is 0.448 e. The van der Waals surface area contributed by atoms with Gasteiger partial charge in [0.2, 0.25) is 0 Å². The van der Waals surface area contributed by atoms with Crippen LogP contribution in [0.25, 0.3) is 0 Å².